The van der Waals surface area contributed by atoms with Gasteiger partial charge in [0.2, 0.25) is 0 Å². The Morgan fingerprint density at radius 3 is 2.22 bits per heavy atom. The molecule has 1 nitrogen and oxygen atoms in total. The minimum absolute atomic E-state index is 0.0608. The Hall–Kier alpha value is -0.523. The van der Waals surface area contributed by atoms with E-state index in [2.05, 4.69) is 59.2 Å². The van der Waals surface area contributed by atoms with Gasteiger partial charge in [-0.1, -0.05) is 52.5 Å². The highest BCUT2D eigenvalue weighted by Gasteiger charge is 2.31. The molecule has 0 saturated carbocycles. The van der Waals surface area contributed by atoms with Gasteiger partial charge in [0.05, 0.1) is 0 Å². The average molecular weight is 267 g/mol. The molecular formula is C16H30OSi. The highest BCUT2D eigenvalue weighted by molar-refractivity contribution is 6.72. The van der Waals surface area contributed by atoms with Crippen LogP contribution < -0.4 is 0 Å². The number of allylic oxidation sites excluding steroid dienone is 1. The Labute approximate surface area is 115 Å². The summed E-state index contributed by atoms with van der Waals surface area (Å²) in [6.07, 6.45) is 2.41. The van der Waals surface area contributed by atoms with Crippen molar-refractivity contribution in [1.82, 2.24) is 0 Å². The van der Waals surface area contributed by atoms with E-state index in [0.29, 0.717) is 11.5 Å². The SMILES string of the molecule is C=C(C)C#CC(O[Si](C)(C)C(C)C)C(C)CCC. The molecule has 0 spiro atoms. The molecule has 0 aliphatic heterocycles. The van der Waals surface area contributed by atoms with Crippen LogP contribution in [0, 0.1) is 17.8 Å². The van der Waals surface area contributed by atoms with Gasteiger partial charge in [0.25, 0.3) is 0 Å². The smallest absolute Gasteiger partial charge is 0.191 e. The highest BCUT2D eigenvalue weighted by atomic mass is 28.4. The molecule has 0 aromatic carbocycles. The highest BCUT2D eigenvalue weighted by Crippen LogP contribution is 2.26. The van der Waals surface area contributed by atoms with Crippen molar-refractivity contribution in [2.24, 2.45) is 5.92 Å². The minimum atomic E-state index is -1.64. The van der Waals surface area contributed by atoms with Crippen LogP contribution in [0.15, 0.2) is 12.2 Å². The van der Waals surface area contributed by atoms with Gasteiger partial charge in [-0.25, -0.2) is 0 Å². The molecule has 0 bridgehead atoms. The molecule has 2 atom stereocenters. The van der Waals surface area contributed by atoms with Crippen molar-refractivity contribution in [3.8, 4) is 11.8 Å². The molecule has 0 radical (unpaired) electrons. The summed E-state index contributed by atoms with van der Waals surface area (Å²) >= 11 is 0. The zero-order valence-electron chi connectivity index (χ0n) is 13.3. The summed E-state index contributed by atoms with van der Waals surface area (Å²) in [4.78, 5) is 0. The first-order chi connectivity index (χ1) is 8.20. The van der Waals surface area contributed by atoms with Crippen LogP contribution in [0.2, 0.25) is 18.6 Å². The summed E-state index contributed by atoms with van der Waals surface area (Å²) in [5.74, 6) is 6.87. The van der Waals surface area contributed by atoms with Gasteiger partial charge in [-0.3, -0.25) is 0 Å². The molecule has 0 fully saturated rings. The summed E-state index contributed by atoms with van der Waals surface area (Å²) < 4.78 is 6.39. The number of hydrogen-bond donors (Lipinski definition) is 0. The Kier molecular flexibility index (Phi) is 7.59. The predicted molar refractivity (Wildman–Crippen MR) is 84.1 cm³/mol. The summed E-state index contributed by atoms with van der Waals surface area (Å²) in [7, 11) is -1.64. The van der Waals surface area contributed by atoms with E-state index in [1.54, 1.807) is 0 Å². The Morgan fingerprint density at radius 2 is 1.83 bits per heavy atom. The van der Waals surface area contributed by atoms with Crippen LogP contribution in [-0.4, -0.2) is 14.4 Å². The van der Waals surface area contributed by atoms with Crippen molar-refractivity contribution in [3.63, 3.8) is 0 Å². The lowest BCUT2D eigenvalue weighted by Gasteiger charge is -2.32. The first-order valence-electron chi connectivity index (χ1n) is 7.05. The summed E-state index contributed by atoms with van der Waals surface area (Å²) in [5.41, 5.74) is 1.52. The van der Waals surface area contributed by atoms with Crippen LogP contribution in [0.4, 0.5) is 0 Å². The second kappa shape index (κ2) is 7.81. The van der Waals surface area contributed by atoms with Gasteiger partial charge >= 0.3 is 0 Å². The van der Waals surface area contributed by atoms with Crippen molar-refractivity contribution in [1.29, 1.82) is 0 Å². The van der Waals surface area contributed by atoms with Crippen LogP contribution in [0.25, 0.3) is 0 Å². The first-order valence-corrected chi connectivity index (χ1v) is 10.0. The third-order valence-corrected chi connectivity index (χ3v) is 7.15. The van der Waals surface area contributed by atoms with E-state index in [1.165, 1.54) is 6.42 Å². The maximum Gasteiger partial charge on any atom is 0.191 e. The second-order valence-electron chi connectivity index (χ2n) is 6.11. The maximum atomic E-state index is 6.39. The Balaban J connectivity index is 4.89. The van der Waals surface area contributed by atoms with Crippen LogP contribution in [0.5, 0.6) is 0 Å². The summed E-state index contributed by atoms with van der Waals surface area (Å²) in [6.45, 7) is 19.3. The van der Waals surface area contributed by atoms with Gasteiger partial charge in [0, 0.05) is 0 Å². The molecule has 2 unspecified atom stereocenters. The second-order valence-corrected chi connectivity index (χ2v) is 10.7. The van der Waals surface area contributed by atoms with E-state index in [1.807, 2.05) is 6.92 Å². The molecule has 0 rings (SSSR count). The van der Waals surface area contributed by atoms with E-state index < -0.39 is 8.32 Å². The molecule has 0 aromatic rings. The maximum absolute atomic E-state index is 6.39. The molecule has 0 heterocycles. The zero-order chi connectivity index (χ0) is 14.3. The number of rotatable bonds is 6. The Morgan fingerprint density at radius 1 is 1.28 bits per heavy atom. The lowest BCUT2D eigenvalue weighted by molar-refractivity contribution is 0.177. The van der Waals surface area contributed by atoms with E-state index in [0.717, 1.165) is 12.0 Å². The third-order valence-electron chi connectivity index (χ3n) is 3.51. The standard InChI is InChI=1S/C16H30OSi/c1-9-10-15(6)16(12-11-13(2)3)17-18(7,8)14(4)5/h14-16H,2,9-10H2,1,3-8H3. The Bertz CT molecular complexity index is 320. The van der Waals surface area contributed by atoms with Crippen molar-refractivity contribution in [3.05, 3.63) is 12.2 Å². The molecule has 104 valence electrons. The molecule has 0 N–H and O–H groups in total. The average Bonchev–Trinajstić information content (AvgIpc) is 2.23. The molecule has 18 heavy (non-hydrogen) atoms. The van der Waals surface area contributed by atoms with Crippen LogP contribution in [-0.2, 0) is 4.43 Å². The van der Waals surface area contributed by atoms with Crippen molar-refractivity contribution in [2.45, 2.75) is 72.2 Å². The monoisotopic (exact) mass is 266 g/mol. The van der Waals surface area contributed by atoms with Crippen LogP contribution in [0.1, 0.15) is 47.5 Å². The topological polar surface area (TPSA) is 9.23 Å². The zero-order valence-corrected chi connectivity index (χ0v) is 14.3. The fourth-order valence-corrected chi connectivity index (χ4v) is 2.77. The molecule has 2 heteroatoms. The van der Waals surface area contributed by atoms with Crippen LogP contribution >= 0.6 is 0 Å². The molecular weight excluding hydrogens is 236 g/mol. The van der Waals surface area contributed by atoms with Crippen molar-refractivity contribution in [2.75, 3.05) is 0 Å². The van der Waals surface area contributed by atoms with E-state index in [9.17, 15) is 0 Å². The fourth-order valence-electron chi connectivity index (χ4n) is 1.55. The van der Waals surface area contributed by atoms with Gasteiger partial charge in [-0.15, -0.1) is 0 Å². The van der Waals surface area contributed by atoms with Gasteiger partial charge in [-0.2, -0.15) is 0 Å². The third kappa shape index (κ3) is 6.42. The molecule has 0 aliphatic carbocycles. The van der Waals surface area contributed by atoms with E-state index in [4.69, 9.17) is 4.43 Å². The molecule has 0 saturated heterocycles. The largest absolute Gasteiger partial charge is 0.403 e. The summed E-state index contributed by atoms with van der Waals surface area (Å²) in [6, 6.07) is 0. The molecule has 0 aromatic heterocycles. The van der Waals surface area contributed by atoms with Crippen molar-refractivity contribution >= 4 is 8.32 Å². The van der Waals surface area contributed by atoms with E-state index in [-0.39, 0.29) is 6.10 Å². The van der Waals surface area contributed by atoms with Crippen molar-refractivity contribution < 1.29 is 4.43 Å². The molecule has 0 aliphatic rings. The predicted octanol–water partition coefficient (Wildman–Crippen LogP) is 5.00. The van der Waals surface area contributed by atoms with E-state index >= 15 is 0 Å². The van der Waals surface area contributed by atoms with Gasteiger partial charge < -0.3 is 4.43 Å². The van der Waals surface area contributed by atoms with Gasteiger partial charge in [-0.05, 0) is 43.5 Å². The molecule has 0 amide bonds. The van der Waals surface area contributed by atoms with Gasteiger partial charge in [0.1, 0.15) is 6.10 Å². The normalized spacial score (nSPS) is 14.9. The quantitative estimate of drug-likeness (QED) is 0.485. The number of hydrogen-bond acceptors (Lipinski definition) is 1. The lowest BCUT2D eigenvalue weighted by atomic mass is 10.00. The first kappa shape index (κ1) is 17.5. The fraction of sp³-hybridized carbons (Fsp3) is 0.750. The summed E-state index contributed by atoms with van der Waals surface area (Å²) in [5, 5.41) is 0. The lowest BCUT2D eigenvalue weighted by Crippen LogP contribution is -2.40. The minimum Gasteiger partial charge on any atom is -0.403 e. The van der Waals surface area contributed by atoms with Gasteiger partial charge in [0.15, 0.2) is 8.32 Å². The van der Waals surface area contributed by atoms with Crippen LogP contribution in [0.3, 0.4) is 0 Å².